The van der Waals surface area contributed by atoms with Crippen molar-refractivity contribution in [1.82, 2.24) is 10.2 Å². The Morgan fingerprint density at radius 1 is 1.03 bits per heavy atom. The first kappa shape index (κ1) is 31.2. The number of hydrogen-bond acceptors (Lipinski definition) is 4. The van der Waals surface area contributed by atoms with E-state index in [-0.39, 0.29) is 35.7 Å². The van der Waals surface area contributed by atoms with Crippen LogP contribution < -0.4 is 5.32 Å². The fourth-order valence-electron chi connectivity index (χ4n) is 5.56. The fraction of sp³-hybridized carbons (Fsp3) is 0.828. The average Bonchev–Trinajstić information content (AvgIpc) is 2.83. The van der Waals surface area contributed by atoms with Gasteiger partial charge in [0, 0.05) is 18.0 Å². The van der Waals surface area contributed by atoms with Crippen molar-refractivity contribution in [3.63, 3.8) is 0 Å². The second-order valence-corrected chi connectivity index (χ2v) is 11.2. The minimum absolute atomic E-state index is 0.00728. The molecule has 0 spiro atoms. The van der Waals surface area contributed by atoms with E-state index in [2.05, 4.69) is 33.0 Å². The van der Waals surface area contributed by atoms with Crippen molar-refractivity contribution in [2.75, 3.05) is 13.7 Å². The molecule has 1 aliphatic rings. The van der Waals surface area contributed by atoms with Gasteiger partial charge in [-0.2, -0.15) is 0 Å². The van der Waals surface area contributed by atoms with Crippen molar-refractivity contribution in [1.29, 1.82) is 0 Å². The van der Waals surface area contributed by atoms with Crippen LogP contribution in [0.4, 0.5) is 0 Å². The lowest BCUT2D eigenvalue weighted by atomic mass is 9.74. The highest BCUT2D eigenvalue weighted by Gasteiger charge is 2.41. The molecular formula is C29H52N2O4. The van der Waals surface area contributed by atoms with E-state index in [4.69, 9.17) is 4.74 Å². The van der Waals surface area contributed by atoms with Crippen LogP contribution >= 0.6 is 0 Å². The first-order chi connectivity index (χ1) is 16.4. The lowest BCUT2D eigenvalue weighted by Crippen LogP contribution is -2.57. The van der Waals surface area contributed by atoms with Gasteiger partial charge < -0.3 is 15.0 Å². The average molecular weight is 493 g/mol. The number of hydrogen-bond donors (Lipinski definition) is 1. The zero-order chi connectivity index (χ0) is 26.8. The third-order valence-corrected chi connectivity index (χ3v) is 7.80. The smallest absolute Gasteiger partial charge is 0.333 e. The Labute approximate surface area is 214 Å². The number of carbonyl (C=O) groups is 3. The normalized spacial score (nSPS) is 17.3. The lowest BCUT2D eigenvalue weighted by molar-refractivity contribution is -0.143. The van der Waals surface area contributed by atoms with Gasteiger partial charge in [-0.25, -0.2) is 4.79 Å². The Morgan fingerprint density at radius 3 is 2.06 bits per heavy atom. The lowest BCUT2D eigenvalue weighted by Gasteiger charge is -2.39. The number of ether oxygens (including phenoxy) is 1. The summed E-state index contributed by atoms with van der Waals surface area (Å²) in [6.45, 7) is 16.4. The molecule has 1 rings (SSSR count). The standard InChI is InChI=1S/C29H52N2O4/c1-10-29(11-2,19-20(4)5)28(34)30-25(23-16-14-13-15-17-23)26(32)31(9)24(21(6)7)18-22(8)27(33)35-12-3/h18,20-21,23-25H,10-17,19H2,1-9H3,(H,30,34)/b22-18+/t24-,25+/m1/s1. The highest BCUT2D eigenvalue weighted by Crippen LogP contribution is 2.36. The topological polar surface area (TPSA) is 75.7 Å². The Morgan fingerprint density at radius 2 is 1.60 bits per heavy atom. The third-order valence-electron chi connectivity index (χ3n) is 7.80. The van der Waals surface area contributed by atoms with E-state index in [0.29, 0.717) is 18.1 Å². The van der Waals surface area contributed by atoms with Crippen LogP contribution in [0.2, 0.25) is 0 Å². The van der Waals surface area contributed by atoms with E-state index < -0.39 is 11.5 Å². The van der Waals surface area contributed by atoms with Crippen molar-refractivity contribution < 1.29 is 19.1 Å². The van der Waals surface area contributed by atoms with E-state index in [1.165, 1.54) is 6.42 Å². The number of nitrogens with one attached hydrogen (secondary N) is 1. The zero-order valence-electron chi connectivity index (χ0n) is 23.9. The number of amides is 2. The molecule has 6 heteroatoms. The van der Waals surface area contributed by atoms with E-state index in [1.807, 2.05) is 19.9 Å². The summed E-state index contributed by atoms with van der Waals surface area (Å²) >= 11 is 0. The highest BCUT2D eigenvalue weighted by atomic mass is 16.5. The van der Waals surface area contributed by atoms with Gasteiger partial charge in [-0.1, -0.05) is 66.9 Å². The number of rotatable bonds is 13. The predicted octanol–water partition coefficient (Wildman–Crippen LogP) is 5.90. The van der Waals surface area contributed by atoms with Crippen molar-refractivity contribution in [3.8, 4) is 0 Å². The summed E-state index contributed by atoms with van der Waals surface area (Å²) in [6, 6.07) is -0.817. The highest BCUT2D eigenvalue weighted by molar-refractivity contribution is 5.91. The van der Waals surface area contributed by atoms with E-state index in [0.717, 1.165) is 44.9 Å². The summed E-state index contributed by atoms with van der Waals surface area (Å²) in [4.78, 5) is 41.7. The molecule has 0 saturated heterocycles. The molecule has 1 N–H and O–H groups in total. The molecule has 1 saturated carbocycles. The van der Waals surface area contributed by atoms with Gasteiger partial charge in [0.1, 0.15) is 6.04 Å². The van der Waals surface area contributed by atoms with Crippen LogP contribution in [-0.4, -0.2) is 48.4 Å². The molecule has 2 amide bonds. The third kappa shape index (κ3) is 8.64. The Balaban J connectivity index is 3.29. The van der Waals surface area contributed by atoms with Crippen LogP contribution in [0.1, 0.15) is 107 Å². The summed E-state index contributed by atoms with van der Waals surface area (Å²) in [6.07, 6.45) is 9.40. The first-order valence-electron chi connectivity index (χ1n) is 13.9. The maximum atomic E-state index is 14.0. The van der Waals surface area contributed by atoms with Gasteiger partial charge >= 0.3 is 5.97 Å². The maximum absolute atomic E-state index is 14.0. The Hall–Kier alpha value is -1.85. The largest absolute Gasteiger partial charge is 0.463 e. The van der Waals surface area contributed by atoms with E-state index in [9.17, 15) is 14.4 Å². The number of nitrogens with zero attached hydrogens (tertiary/aromatic N) is 1. The summed E-state index contributed by atoms with van der Waals surface area (Å²) in [7, 11) is 1.80. The molecule has 0 aromatic carbocycles. The SMILES string of the molecule is CCOC(=O)/C(C)=C/[C@H](C(C)C)N(C)C(=O)[C@@H](NC(=O)C(CC)(CC)CC(C)C)C1CCCCC1. The first-order valence-corrected chi connectivity index (χ1v) is 13.9. The number of carbonyl (C=O) groups excluding carboxylic acids is 3. The van der Waals surface area contributed by atoms with Crippen LogP contribution in [0.5, 0.6) is 0 Å². The predicted molar refractivity (Wildman–Crippen MR) is 143 cm³/mol. The molecular weight excluding hydrogens is 440 g/mol. The van der Waals surface area contributed by atoms with Crippen LogP contribution in [0.15, 0.2) is 11.6 Å². The van der Waals surface area contributed by atoms with Crippen molar-refractivity contribution in [2.24, 2.45) is 23.2 Å². The molecule has 1 aliphatic carbocycles. The minimum atomic E-state index is -0.546. The quantitative estimate of drug-likeness (QED) is 0.257. The van der Waals surface area contributed by atoms with Gasteiger partial charge in [0.2, 0.25) is 11.8 Å². The number of esters is 1. The fourth-order valence-corrected chi connectivity index (χ4v) is 5.56. The monoisotopic (exact) mass is 492 g/mol. The van der Waals surface area contributed by atoms with Crippen molar-refractivity contribution in [3.05, 3.63) is 11.6 Å². The van der Waals surface area contributed by atoms with Gasteiger partial charge in [0.05, 0.1) is 12.6 Å². The molecule has 0 aromatic heterocycles. The molecule has 0 heterocycles. The molecule has 2 atom stereocenters. The molecule has 1 fully saturated rings. The van der Waals surface area contributed by atoms with Crippen LogP contribution in [0.3, 0.4) is 0 Å². The van der Waals surface area contributed by atoms with Gasteiger partial charge in [-0.15, -0.1) is 0 Å². The number of likely N-dealkylation sites (N-methyl/N-ethyl adjacent to an activating group) is 1. The van der Waals surface area contributed by atoms with Gasteiger partial charge in [-0.05, 0) is 63.7 Å². The summed E-state index contributed by atoms with van der Waals surface area (Å²) in [5.74, 6) is 0.211. The van der Waals surface area contributed by atoms with Crippen LogP contribution in [0, 0.1) is 23.2 Å². The molecule has 35 heavy (non-hydrogen) atoms. The summed E-state index contributed by atoms with van der Waals surface area (Å²) in [5, 5.41) is 3.26. The van der Waals surface area contributed by atoms with E-state index >= 15 is 0 Å². The van der Waals surface area contributed by atoms with Crippen LogP contribution in [0.25, 0.3) is 0 Å². The Kier molecular flexibility index (Phi) is 13.0. The van der Waals surface area contributed by atoms with Crippen LogP contribution in [-0.2, 0) is 19.1 Å². The molecule has 0 aromatic rings. The minimum Gasteiger partial charge on any atom is -0.463 e. The van der Waals surface area contributed by atoms with Gasteiger partial charge in [0.25, 0.3) is 0 Å². The Bertz CT molecular complexity index is 718. The summed E-state index contributed by atoms with van der Waals surface area (Å²) in [5.41, 5.74) is 0.0361. The molecule has 202 valence electrons. The zero-order valence-corrected chi connectivity index (χ0v) is 23.9. The molecule has 0 bridgehead atoms. The summed E-state index contributed by atoms with van der Waals surface area (Å²) < 4.78 is 5.15. The molecule has 0 aliphatic heterocycles. The second-order valence-electron chi connectivity index (χ2n) is 11.2. The van der Waals surface area contributed by atoms with E-state index in [1.54, 1.807) is 25.8 Å². The molecule has 0 radical (unpaired) electrons. The van der Waals surface area contributed by atoms with Crippen molar-refractivity contribution >= 4 is 17.8 Å². The maximum Gasteiger partial charge on any atom is 0.333 e. The van der Waals surface area contributed by atoms with Gasteiger partial charge in [0.15, 0.2) is 0 Å². The molecule has 0 unspecified atom stereocenters. The second kappa shape index (κ2) is 14.6. The van der Waals surface area contributed by atoms with Gasteiger partial charge in [-0.3, -0.25) is 9.59 Å². The van der Waals surface area contributed by atoms with Crippen molar-refractivity contribution in [2.45, 2.75) is 119 Å². The molecule has 6 nitrogen and oxygen atoms in total.